The van der Waals surface area contributed by atoms with E-state index in [-0.39, 0.29) is 12.0 Å². The maximum absolute atomic E-state index is 13.6. The second-order valence-corrected chi connectivity index (χ2v) is 5.47. The Morgan fingerprint density at radius 2 is 2.00 bits per heavy atom. The molecule has 0 bridgehead atoms. The lowest BCUT2D eigenvalue weighted by Gasteiger charge is -2.36. The number of aliphatic hydroxyl groups is 1. The van der Waals surface area contributed by atoms with E-state index in [0.717, 1.165) is 31.5 Å². The fourth-order valence-corrected chi connectivity index (χ4v) is 2.86. The zero-order chi connectivity index (χ0) is 13.9. The highest BCUT2D eigenvalue weighted by Crippen LogP contribution is 2.32. The molecular formula is C15H21F2NO. The molecule has 0 atom stereocenters. The Hall–Kier alpha value is -1.00. The van der Waals surface area contributed by atoms with Crippen molar-refractivity contribution in [1.29, 1.82) is 0 Å². The van der Waals surface area contributed by atoms with Gasteiger partial charge >= 0.3 is 0 Å². The molecule has 2 nitrogen and oxygen atoms in total. The SMILES string of the molecule is CCNC1CCC(O)(Cc2cc(F)ccc2F)CC1. The van der Waals surface area contributed by atoms with Crippen molar-refractivity contribution in [3.05, 3.63) is 35.4 Å². The maximum atomic E-state index is 13.6. The molecule has 1 saturated carbocycles. The standard InChI is InChI=1S/C15H21F2NO/c1-2-18-13-5-7-15(19,8-6-13)10-11-9-12(16)3-4-14(11)17/h3-4,9,13,18-19H,2,5-8,10H2,1H3. The molecule has 0 radical (unpaired) electrons. The van der Waals surface area contributed by atoms with Crippen molar-refractivity contribution in [1.82, 2.24) is 5.32 Å². The third kappa shape index (κ3) is 3.74. The van der Waals surface area contributed by atoms with Gasteiger partial charge in [0.05, 0.1) is 5.60 Å². The lowest BCUT2D eigenvalue weighted by molar-refractivity contribution is -0.00364. The summed E-state index contributed by atoms with van der Waals surface area (Å²) in [6.07, 6.45) is 3.19. The molecule has 0 heterocycles. The fourth-order valence-electron chi connectivity index (χ4n) is 2.86. The first-order valence-corrected chi connectivity index (χ1v) is 6.92. The van der Waals surface area contributed by atoms with Gasteiger partial charge in [0.1, 0.15) is 11.6 Å². The van der Waals surface area contributed by atoms with E-state index in [2.05, 4.69) is 12.2 Å². The van der Waals surface area contributed by atoms with E-state index in [1.165, 1.54) is 6.07 Å². The highest BCUT2D eigenvalue weighted by atomic mass is 19.1. The molecule has 19 heavy (non-hydrogen) atoms. The van der Waals surface area contributed by atoms with Crippen LogP contribution < -0.4 is 5.32 Å². The van der Waals surface area contributed by atoms with Crippen molar-refractivity contribution in [2.45, 2.75) is 50.7 Å². The van der Waals surface area contributed by atoms with Crippen molar-refractivity contribution in [3.8, 4) is 0 Å². The molecule has 0 saturated heterocycles. The van der Waals surface area contributed by atoms with E-state index in [0.29, 0.717) is 18.9 Å². The van der Waals surface area contributed by atoms with Gasteiger partial charge in [-0.15, -0.1) is 0 Å². The van der Waals surface area contributed by atoms with Crippen LogP contribution in [0.25, 0.3) is 0 Å². The van der Waals surface area contributed by atoms with Gasteiger partial charge in [-0.1, -0.05) is 6.92 Å². The zero-order valence-corrected chi connectivity index (χ0v) is 11.3. The molecule has 1 aliphatic rings. The number of hydrogen-bond donors (Lipinski definition) is 2. The molecular weight excluding hydrogens is 248 g/mol. The molecule has 1 aromatic rings. The summed E-state index contributed by atoms with van der Waals surface area (Å²) in [5.41, 5.74) is -0.634. The average Bonchev–Trinajstić information content (AvgIpc) is 2.37. The summed E-state index contributed by atoms with van der Waals surface area (Å²) in [5.74, 6) is -0.898. The summed E-state index contributed by atoms with van der Waals surface area (Å²) < 4.78 is 26.7. The van der Waals surface area contributed by atoms with Gasteiger partial charge < -0.3 is 10.4 Å². The largest absolute Gasteiger partial charge is 0.390 e. The van der Waals surface area contributed by atoms with Crippen LogP contribution in [0.3, 0.4) is 0 Å². The molecule has 1 aliphatic carbocycles. The van der Waals surface area contributed by atoms with Gasteiger partial charge in [0.2, 0.25) is 0 Å². The van der Waals surface area contributed by atoms with E-state index >= 15 is 0 Å². The van der Waals surface area contributed by atoms with Crippen LogP contribution in [0.5, 0.6) is 0 Å². The number of rotatable bonds is 4. The van der Waals surface area contributed by atoms with Gasteiger partial charge in [0, 0.05) is 12.5 Å². The number of halogens is 2. The molecule has 0 spiro atoms. The quantitative estimate of drug-likeness (QED) is 0.881. The first-order valence-electron chi connectivity index (χ1n) is 6.92. The van der Waals surface area contributed by atoms with Crippen LogP contribution in [0.2, 0.25) is 0 Å². The molecule has 2 rings (SSSR count). The minimum atomic E-state index is -0.902. The molecule has 0 aromatic heterocycles. The number of hydrogen-bond acceptors (Lipinski definition) is 2. The van der Waals surface area contributed by atoms with Gasteiger partial charge in [0.15, 0.2) is 0 Å². The Kier molecular flexibility index (Phi) is 4.53. The van der Waals surface area contributed by atoms with Gasteiger partial charge in [-0.3, -0.25) is 0 Å². The summed E-state index contributed by atoms with van der Waals surface area (Å²) >= 11 is 0. The van der Waals surface area contributed by atoms with Gasteiger partial charge in [-0.25, -0.2) is 8.78 Å². The van der Waals surface area contributed by atoms with Crippen molar-refractivity contribution in [2.24, 2.45) is 0 Å². The van der Waals surface area contributed by atoms with Crippen LogP contribution in [0.15, 0.2) is 18.2 Å². The van der Waals surface area contributed by atoms with Gasteiger partial charge in [-0.2, -0.15) is 0 Å². The smallest absolute Gasteiger partial charge is 0.126 e. The summed E-state index contributed by atoms with van der Waals surface area (Å²) in [5, 5.41) is 13.9. The Morgan fingerprint density at radius 1 is 1.32 bits per heavy atom. The average molecular weight is 269 g/mol. The lowest BCUT2D eigenvalue weighted by Crippen LogP contribution is -2.42. The number of benzene rings is 1. The second-order valence-electron chi connectivity index (χ2n) is 5.47. The topological polar surface area (TPSA) is 32.3 Å². The van der Waals surface area contributed by atoms with E-state index < -0.39 is 17.2 Å². The molecule has 4 heteroatoms. The molecule has 1 aromatic carbocycles. The summed E-state index contributed by atoms with van der Waals surface area (Å²) in [7, 11) is 0. The molecule has 0 amide bonds. The lowest BCUT2D eigenvalue weighted by atomic mass is 9.78. The molecule has 0 unspecified atom stereocenters. The summed E-state index contributed by atoms with van der Waals surface area (Å²) in [4.78, 5) is 0. The number of nitrogens with one attached hydrogen (secondary N) is 1. The van der Waals surface area contributed by atoms with Crippen LogP contribution in [-0.2, 0) is 6.42 Å². The predicted octanol–water partition coefficient (Wildman–Crippen LogP) is 2.79. The van der Waals surface area contributed by atoms with Crippen molar-refractivity contribution < 1.29 is 13.9 Å². The van der Waals surface area contributed by atoms with E-state index in [4.69, 9.17) is 0 Å². The fraction of sp³-hybridized carbons (Fsp3) is 0.600. The maximum Gasteiger partial charge on any atom is 0.126 e. The first kappa shape index (κ1) is 14.4. The third-order valence-corrected chi connectivity index (χ3v) is 3.94. The van der Waals surface area contributed by atoms with Crippen LogP contribution in [-0.4, -0.2) is 23.3 Å². The van der Waals surface area contributed by atoms with Crippen LogP contribution in [0.1, 0.15) is 38.2 Å². The Bertz CT molecular complexity index is 428. The summed E-state index contributed by atoms with van der Waals surface area (Å²) in [6, 6.07) is 3.84. The molecule has 0 aliphatic heterocycles. The normalized spacial score (nSPS) is 27.5. The monoisotopic (exact) mass is 269 g/mol. The van der Waals surface area contributed by atoms with Gasteiger partial charge in [-0.05, 0) is 56.0 Å². The minimum absolute atomic E-state index is 0.190. The van der Waals surface area contributed by atoms with E-state index in [1.807, 2.05) is 0 Å². The summed E-state index contributed by atoms with van der Waals surface area (Å²) in [6.45, 7) is 2.98. The van der Waals surface area contributed by atoms with Crippen LogP contribution >= 0.6 is 0 Å². The Labute approximate surface area is 112 Å². The van der Waals surface area contributed by atoms with Crippen molar-refractivity contribution >= 4 is 0 Å². The van der Waals surface area contributed by atoms with Crippen molar-refractivity contribution in [3.63, 3.8) is 0 Å². The minimum Gasteiger partial charge on any atom is -0.390 e. The third-order valence-electron chi connectivity index (χ3n) is 3.94. The highest BCUT2D eigenvalue weighted by Gasteiger charge is 2.33. The molecule has 1 fully saturated rings. The van der Waals surface area contributed by atoms with Crippen molar-refractivity contribution in [2.75, 3.05) is 6.54 Å². The second kappa shape index (κ2) is 5.97. The predicted molar refractivity (Wildman–Crippen MR) is 70.9 cm³/mol. The van der Waals surface area contributed by atoms with Gasteiger partial charge in [0.25, 0.3) is 0 Å². The van der Waals surface area contributed by atoms with Crippen LogP contribution in [0, 0.1) is 11.6 Å². The molecule has 2 N–H and O–H groups in total. The molecule has 106 valence electrons. The highest BCUT2D eigenvalue weighted by molar-refractivity contribution is 5.21. The first-order chi connectivity index (χ1) is 9.02. The van der Waals surface area contributed by atoms with E-state index in [9.17, 15) is 13.9 Å². The zero-order valence-electron chi connectivity index (χ0n) is 11.3. The Morgan fingerprint density at radius 3 is 2.63 bits per heavy atom. The van der Waals surface area contributed by atoms with E-state index in [1.54, 1.807) is 0 Å². The van der Waals surface area contributed by atoms with Crippen LogP contribution in [0.4, 0.5) is 8.78 Å². The Balaban J connectivity index is 2.00.